The van der Waals surface area contributed by atoms with E-state index in [9.17, 15) is 4.79 Å². The number of hydrogen-bond acceptors (Lipinski definition) is 5. The first-order valence-corrected chi connectivity index (χ1v) is 5.38. The zero-order valence-corrected chi connectivity index (χ0v) is 10.1. The van der Waals surface area contributed by atoms with Gasteiger partial charge in [0.1, 0.15) is 5.69 Å². The quantitative estimate of drug-likeness (QED) is 0.700. The van der Waals surface area contributed by atoms with Gasteiger partial charge in [-0.05, 0) is 6.92 Å². The summed E-state index contributed by atoms with van der Waals surface area (Å²) < 4.78 is 5.08. The number of hydrogen-bond donors (Lipinski definition) is 1. The standard InChI is InChI=1S/C11H17N3O3/c1-9-7-13-10(8-12-9)11(16)14(2)3-5-17-6-4-15/h7-8,15H,3-6H2,1-2H3. The zero-order valence-electron chi connectivity index (χ0n) is 10.1. The van der Waals surface area contributed by atoms with Gasteiger partial charge in [-0.2, -0.15) is 0 Å². The number of nitrogens with zero attached hydrogens (tertiary/aromatic N) is 3. The molecule has 94 valence electrons. The third-order valence-corrected chi connectivity index (χ3v) is 2.15. The van der Waals surface area contributed by atoms with Crippen LogP contribution < -0.4 is 0 Å². The molecule has 0 atom stereocenters. The van der Waals surface area contributed by atoms with Crippen molar-refractivity contribution in [2.24, 2.45) is 0 Å². The number of ether oxygens (including phenoxy) is 1. The summed E-state index contributed by atoms with van der Waals surface area (Å²) in [7, 11) is 1.67. The molecule has 1 heterocycles. The van der Waals surface area contributed by atoms with E-state index in [1.807, 2.05) is 6.92 Å². The largest absolute Gasteiger partial charge is 0.394 e. The van der Waals surface area contributed by atoms with Crippen molar-refractivity contribution < 1.29 is 14.6 Å². The molecule has 0 fully saturated rings. The normalized spacial score (nSPS) is 10.3. The molecule has 1 N–H and O–H groups in total. The fraction of sp³-hybridized carbons (Fsp3) is 0.545. The number of carbonyl (C=O) groups is 1. The van der Waals surface area contributed by atoms with E-state index in [1.54, 1.807) is 13.2 Å². The molecule has 1 rings (SSSR count). The number of aryl methyl sites for hydroxylation is 1. The molecule has 1 aromatic heterocycles. The molecular formula is C11H17N3O3. The molecule has 0 aliphatic heterocycles. The SMILES string of the molecule is Cc1cnc(C(=O)N(C)CCOCCO)cn1. The summed E-state index contributed by atoms with van der Waals surface area (Å²) in [6, 6.07) is 0. The number of carbonyl (C=O) groups excluding carboxylic acids is 1. The lowest BCUT2D eigenvalue weighted by molar-refractivity contribution is 0.0614. The number of aliphatic hydroxyl groups is 1. The fourth-order valence-corrected chi connectivity index (χ4v) is 1.17. The molecule has 0 saturated carbocycles. The third kappa shape index (κ3) is 4.46. The molecule has 0 aliphatic carbocycles. The van der Waals surface area contributed by atoms with Crippen LogP contribution in [0.15, 0.2) is 12.4 Å². The molecule has 0 bridgehead atoms. The summed E-state index contributed by atoms with van der Waals surface area (Å²) in [5.74, 6) is -0.190. The predicted octanol–water partition coefficient (Wildman–Crippen LogP) is -0.134. The van der Waals surface area contributed by atoms with Crippen molar-refractivity contribution >= 4 is 5.91 Å². The van der Waals surface area contributed by atoms with Gasteiger partial charge < -0.3 is 14.7 Å². The number of aromatic nitrogens is 2. The second-order valence-electron chi connectivity index (χ2n) is 3.61. The van der Waals surface area contributed by atoms with Crippen molar-refractivity contribution in [3.63, 3.8) is 0 Å². The second kappa shape index (κ2) is 6.93. The highest BCUT2D eigenvalue weighted by Gasteiger charge is 2.12. The van der Waals surface area contributed by atoms with Crippen molar-refractivity contribution in [1.29, 1.82) is 0 Å². The molecule has 0 saturated heterocycles. The van der Waals surface area contributed by atoms with E-state index < -0.39 is 0 Å². The zero-order chi connectivity index (χ0) is 12.7. The fourth-order valence-electron chi connectivity index (χ4n) is 1.17. The molecule has 0 radical (unpaired) electrons. The predicted molar refractivity (Wildman–Crippen MR) is 61.6 cm³/mol. The Kier molecular flexibility index (Phi) is 5.51. The molecule has 0 unspecified atom stereocenters. The maximum absolute atomic E-state index is 11.8. The van der Waals surface area contributed by atoms with Crippen LogP contribution >= 0.6 is 0 Å². The smallest absolute Gasteiger partial charge is 0.273 e. The lowest BCUT2D eigenvalue weighted by Gasteiger charge is -2.16. The van der Waals surface area contributed by atoms with Gasteiger partial charge in [-0.25, -0.2) is 4.98 Å². The Morgan fingerprint density at radius 1 is 1.41 bits per heavy atom. The Balaban J connectivity index is 2.43. The van der Waals surface area contributed by atoms with Crippen molar-refractivity contribution in [2.75, 3.05) is 33.4 Å². The maximum Gasteiger partial charge on any atom is 0.273 e. The molecule has 17 heavy (non-hydrogen) atoms. The van der Waals surface area contributed by atoms with Crippen LogP contribution in [0.5, 0.6) is 0 Å². The Morgan fingerprint density at radius 3 is 2.76 bits per heavy atom. The van der Waals surface area contributed by atoms with E-state index in [0.717, 1.165) is 5.69 Å². The van der Waals surface area contributed by atoms with Gasteiger partial charge >= 0.3 is 0 Å². The lowest BCUT2D eigenvalue weighted by Crippen LogP contribution is -2.31. The van der Waals surface area contributed by atoms with Crippen LogP contribution in [0.2, 0.25) is 0 Å². The van der Waals surface area contributed by atoms with E-state index in [1.165, 1.54) is 11.1 Å². The molecular weight excluding hydrogens is 222 g/mol. The van der Waals surface area contributed by atoms with Gasteiger partial charge in [0.05, 0.1) is 31.7 Å². The average Bonchev–Trinajstić information content (AvgIpc) is 2.34. The molecule has 0 spiro atoms. The minimum absolute atomic E-state index is 0.0128. The summed E-state index contributed by atoms with van der Waals surface area (Å²) in [4.78, 5) is 21.4. The minimum Gasteiger partial charge on any atom is -0.394 e. The van der Waals surface area contributed by atoms with Crippen molar-refractivity contribution in [1.82, 2.24) is 14.9 Å². The molecule has 6 heteroatoms. The third-order valence-electron chi connectivity index (χ3n) is 2.15. The highest BCUT2D eigenvalue weighted by molar-refractivity contribution is 5.91. The summed E-state index contributed by atoms with van der Waals surface area (Å²) >= 11 is 0. The summed E-state index contributed by atoms with van der Waals surface area (Å²) in [5, 5.41) is 8.52. The maximum atomic E-state index is 11.8. The summed E-state index contributed by atoms with van der Waals surface area (Å²) in [5.41, 5.74) is 1.09. The Morgan fingerprint density at radius 2 is 2.18 bits per heavy atom. The van der Waals surface area contributed by atoms with E-state index in [-0.39, 0.29) is 19.1 Å². The second-order valence-corrected chi connectivity index (χ2v) is 3.61. The van der Waals surface area contributed by atoms with Crippen molar-refractivity contribution in [3.05, 3.63) is 23.8 Å². The van der Waals surface area contributed by atoms with Crippen LogP contribution in [0.4, 0.5) is 0 Å². The Labute approximate surface area is 100 Å². The van der Waals surface area contributed by atoms with Crippen LogP contribution in [0.3, 0.4) is 0 Å². The molecule has 0 aromatic carbocycles. The number of amides is 1. The van der Waals surface area contributed by atoms with Crippen molar-refractivity contribution in [2.45, 2.75) is 6.92 Å². The molecule has 1 amide bonds. The Bertz CT molecular complexity index is 353. The summed E-state index contributed by atoms with van der Waals surface area (Å²) in [6.07, 6.45) is 3.02. The van der Waals surface area contributed by atoms with Crippen LogP contribution in [-0.2, 0) is 4.74 Å². The molecule has 0 aliphatic rings. The van der Waals surface area contributed by atoms with E-state index in [0.29, 0.717) is 18.8 Å². The van der Waals surface area contributed by atoms with Gasteiger partial charge in [-0.3, -0.25) is 9.78 Å². The monoisotopic (exact) mass is 239 g/mol. The number of likely N-dealkylation sites (N-methyl/N-ethyl adjacent to an activating group) is 1. The molecule has 1 aromatic rings. The Hall–Kier alpha value is -1.53. The highest BCUT2D eigenvalue weighted by atomic mass is 16.5. The average molecular weight is 239 g/mol. The van der Waals surface area contributed by atoms with Crippen LogP contribution in [0.1, 0.15) is 16.2 Å². The van der Waals surface area contributed by atoms with Crippen molar-refractivity contribution in [3.8, 4) is 0 Å². The number of rotatable bonds is 6. The van der Waals surface area contributed by atoms with Crippen LogP contribution in [0, 0.1) is 6.92 Å². The molecule has 6 nitrogen and oxygen atoms in total. The first kappa shape index (κ1) is 13.5. The van der Waals surface area contributed by atoms with E-state index >= 15 is 0 Å². The van der Waals surface area contributed by atoms with Crippen LogP contribution in [-0.4, -0.2) is 59.3 Å². The topological polar surface area (TPSA) is 75.6 Å². The van der Waals surface area contributed by atoms with E-state index in [2.05, 4.69) is 9.97 Å². The highest BCUT2D eigenvalue weighted by Crippen LogP contribution is 1.99. The van der Waals surface area contributed by atoms with Gasteiger partial charge in [0.2, 0.25) is 0 Å². The summed E-state index contributed by atoms with van der Waals surface area (Å²) in [6.45, 7) is 2.93. The first-order valence-electron chi connectivity index (χ1n) is 5.38. The first-order chi connectivity index (χ1) is 8.15. The van der Waals surface area contributed by atoms with Crippen LogP contribution in [0.25, 0.3) is 0 Å². The number of aliphatic hydroxyl groups excluding tert-OH is 1. The van der Waals surface area contributed by atoms with Gasteiger partial charge in [-0.15, -0.1) is 0 Å². The van der Waals surface area contributed by atoms with Gasteiger partial charge in [0.15, 0.2) is 0 Å². The van der Waals surface area contributed by atoms with Gasteiger partial charge in [0.25, 0.3) is 5.91 Å². The van der Waals surface area contributed by atoms with Gasteiger partial charge in [0, 0.05) is 19.8 Å². The lowest BCUT2D eigenvalue weighted by atomic mass is 10.3. The minimum atomic E-state index is -0.190. The van der Waals surface area contributed by atoms with E-state index in [4.69, 9.17) is 9.84 Å². The van der Waals surface area contributed by atoms with Gasteiger partial charge in [-0.1, -0.05) is 0 Å².